The van der Waals surface area contributed by atoms with Crippen molar-refractivity contribution in [3.63, 3.8) is 0 Å². The minimum Gasteiger partial charge on any atom is -0.218 e. The number of benzene rings is 18. The predicted molar refractivity (Wildman–Crippen MR) is 568 cm³/mol. The Morgan fingerprint density at radius 2 is 0.556 bits per heavy atom. The zero-order valence-electron chi connectivity index (χ0n) is 76.4. The lowest BCUT2D eigenvalue weighted by molar-refractivity contribution is 1.07. The number of aromatic nitrogens is 12. The van der Waals surface area contributed by atoms with Crippen LogP contribution in [-0.4, -0.2) is 59.8 Å². The first-order valence-electron chi connectivity index (χ1n) is 45.3. The molecule has 0 spiro atoms. The summed E-state index contributed by atoms with van der Waals surface area (Å²) in [6.45, 7) is 0. The number of hydrogen-bond donors (Lipinski definition) is 0. The zero-order chi connectivity index (χ0) is 96.1. The van der Waals surface area contributed by atoms with Gasteiger partial charge in [0.05, 0.1) is 45.2 Å². The molecule has 0 atom stereocenters. The molecule has 0 saturated heterocycles. The van der Waals surface area contributed by atoms with Gasteiger partial charge in [0.1, 0.15) is 0 Å². The van der Waals surface area contributed by atoms with Crippen LogP contribution in [0.5, 0.6) is 0 Å². The molecule has 0 unspecified atom stereocenters. The van der Waals surface area contributed by atoms with Crippen LogP contribution < -0.4 is 0 Å². The average molecular weight is 1970 g/mol. The van der Waals surface area contributed by atoms with Gasteiger partial charge in [-0.25, -0.2) is 49.8 Å². The Labute approximate surface area is 826 Å². The molecule has 646 valence electrons. The minimum atomic E-state index is -0.441. The lowest BCUT2D eigenvalue weighted by Gasteiger charge is -2.09. The molecule has 19 heteroatoms. The van der Waals surface area contributed by atoms with Gasteiger partial charge in [-0.15, -0.1) is 11.3 Å². The number of nitrogens with zero attached hydrogens (tertiary/aromatic N) is 12. The number of fused-ring (bicyclic) bond motifs is 8. The van der Waals surface area contributed by atoms with E-state index in [1.807, 2.05) is 212 Å². The average Bonchev–Trinajstić information content (AvgIpc) is 1.70. The summed E-state index contributed by atoms with van der Waals surface area (Å²) in [5.41, 5.74) is 18.4. The monoisotopic (exact) mass is 1970 g/mol. The molecule has 12 nitrogen and oxygen atoms in total. The maximum absolute atomic E-state index is 8.04. The number of thiophene rings is 1. The van der Waals surface area contributed by atoms with Gasteiger partial charge >= 0.3 is 0 Å². The standard InChI is InChI=1S/C23H14ClN3.C22H13ClN2S.C21H14BrN3.C20H13ClN2.C16H11Br.C14H9ClN2/c24-23-26-21(19-13-5-9-15-7-1-3-11-17(15)19)25-22(27-23)20-14-6-10-16-8-2-4-12-18(16)20;23-22-24-19(21-20(25-22)17-8-4-5-9-18(17)26-21)16-12-10-15(11-13-16)14-6-2-1-3-7-14;22-18-13-7-12-17(14-18)21-24-19(15-8-3-1-4-9-15)23-20(25-21)16-10-5-2-6-11-16;21-20-22-18-9-5-4-8-17(18)19(23-20)16-12-10-15(11-13-16)14-6-2-1-3-7-14;17-16-7-3-6-14(11-16)15-9-8-12-4-1-2-5-13(12)10-15;15-14-16-12-9-5-4-8-11(12)13(17-14)10-6-2-1-3-7-10/h1-14H;1-13H;1-14H;1-13H;1-11H;1-9H/i;;;;;1D,2D,3D,6D,7D. The van der Waals surface area contributed by atoms with Crippen LogP contribution in [0.2, 0.25) is 21.1 Å². The molecule has 6 heterocycles. The van der Waals surface area contributed by atoms with Crippen LogP contribution >= 0.6 is 89.6 Å². The second-order valence-electron chi connectivity index (χ2n) is 30.6. The largest absolute Gasteiger partial charge is 0.226 e. The molecule has 0 saturated carbocycles. The Morgan fingerprint density at radius 1 is 0.215 bits per heavy atom. The molecule has 24 aromatic rings. The number of halogens is 6. The van der Waals surface area contributed by atoms with Gasteiger partial charge in [0.15, 0.2) is 29.1 Å². The molecule has 0 amide bonds. The predicted octanol–water partition coefficient (Wildman–Crippen LogP) is 33.5. The summed E-state index contributed by atoms with van der Waals surface area (Å²) in [7, 11) is 0. The van der Waals surface area contributed by atoms with E-state index < -0.39 is 18.1 Å². The molecule has 18 aromatic carbocycles. The SMILES string of the molecule is Brc1cccc(-c2ccc3ccccc3c2)c1.Brc1cccc(-c2nc(-c3ccccc3)nc(-c3ccccc3)n2)c1.Clc1nc(-c2ccc(-c3ccccc3)cc2)c2ccccc2n1.Clc1nc(-c2ccc(-c3ccccc3)cc2)c2sc3ccccc3c2n1.Clc1nc(-c2cccc3ccccc23)nc(-c2cccc3ccccc23)n1.[2H]c1c([2H])c([2H])c(-c2nc(Cl)nc3ccccc23)c([2H])c1[2H]. The van der Waals surface area contributed by atoms with Crippen LogP contribution in [0.4, 0.5) is 0 Å². The van der Waals surface area contributed by atoms with Gasteiger partial charge in [-0.2, -0.15) is 9.97 Å². The summed E-state index contributed by atoms with van der Waals surface area (Å²) < 4.78 is 43.6. The fourth-order valence-electron chi connectivity index (χ4n) is 15.6. The summed E-state index contributed by atoms with van der Waals surface area (Å²) in [5, 5.41) is 10.4. The number of rotatable bonds is 11. The zero-order valence-corrected chi connectivity index (χ0v) is 78.4. The topological polar surface area (TPSA) is 155 Å². The van der Waals surface area contributed by atoms with Crippen LogP contribution in [0.1, 0.15) is 6.85 Å². The first-order valence-corrected chi connectivity index (χ1v) is 46.7. The summed E-state index contributed by atoms with van der Waals surface area (Å²) in [6.07, 6.45) is 0. The smallest absolute Gasteiger partial charge is 0.218 e. The fourth-order valence-corrected chi connectivity index (χ4v) is 18.2. The van der Waals surface area contributed by atoms with Crippen molar-refractivity contribution in [1.82, 2.24) is 59.8 Å². The lowest BCUT2D eigenvalue weighted by atomic mass is 10.0. The van der Waals surface area contributed by atoms with E-state index in [2.05, 4.69) is 259 Å². The summed E-state index contributed by atoms with van der Waals surface area (Å²) in [5.74, 6) is 3.16. The second-order valence-corrected chi connectivity index (χ2v) is 34.9. The number of hydrogen-bond acceptors (Lipinski definition) is 13. The minimum absolute atomic E-state index is 0.0199. The van der Waals surface area contributed by atoms with E-state index in [1.165, 1.54) is 48.9 Å². The van der Waals surface area contributed by atoms with Crippen molar-refractivity contribution in [1.29, 1.82) is 0 Å². The van der Waals surface area contributed by atoms with E-state index in [0.717, 1.165) is 107 Å². The van der Waals surface area contributed by atoms with E-state index in [0.29, 0.717) is 40.0 Å². The molecule has 0 aliphatic rings. The molecule has 135 heavy (non-hydrogen) atoms. The van der Waals surface area contributed by atoms with E-state index in [1.54, 1.807) is 35.6 Å². The summed E-state index contributed by atoms with van der Waals surface area (Å²) in [6, 6.07) is 139. The Morgan fingerprint density at radius 3 is 1.07 bits per heavy atom. The molecule has 0 aliphatic heterocycles. The van der Waals surface area contributed by atoms with Crippen molar-refractivity contribution >= 4 is 164 Å². The van der Waals surface area contributed by atoms with Crippen LogP contribution in [0.15, 0.2) is 458 Å². The summed E-state index contributed by atoms with van der Waals surface area (Å²) >= 11 is 33.3. The van der Waals surface area contributed by atoms with Crippen LogP contribution in [-0.2, 0) is 0 Å². The second kappa shape index (κ2) is 42.2. The van der Waals surface area contributed by atoms with Crippen LogP contribution in [0, 0.1) is 0 Å². The van der Waals surface area contributed by atoms with Gasteiger partial charge in [-0.1, -0.05) is 432 Å². The maximum Gasteiger partial charge on any atom is 0.226 e. The summed E-state index contributed by atoms with van der Waals surface area (Å²) in [4.78, 5) is 53.6. The third kappa shape index (κ3) is 21.3. The fraction of sp³-hybridized carbons (Fsp3) is 0. The van der Waals surface area contributed by atoms with Crippen molar-refractivity contribution in [2.24, 2.45) is 0 Å². The highest BCUT2D eigenvalue weighted by Crippen LogP contribution is 2.41. The van der Waals surface area contributed by atoms with Crippen molar-refractivity contribution < 1.29 is 6.85 Å². The third-order valence-electron chi connectivity index (χ3n) is 22.0. The third-order valence-corrected chi connectivity index (χ3v) is 24.8. The molecule has 24 rings (SSSR count). The van der Waals surface area contributed by atoms with E-state index >= 15 is 0 Å². The first-order chi connectivity index (χ1) is 68.4. The number of para-hydroxylation sites is 2. The molecule has 0 radical (unpaired) electrons. The van der Waals surface area contributed by atoms with Crippen molar-refractivity contribution in [2.45, 2.75) is 0 Å². The van der Waals surface area contributed by atoms with Crippen molar-refractivity contribution in [3.05, 3.63) is 479 Å². The first kappa shape index (κ1) is 83.0. The van der Waals surface area contributed by atoms with Crippen molar-refractivity contribution in [3.8, 4) is 124 Å². The molecule has 0 N–H and O–H groups in total. The molecular formula is C116H74Br2Cl4N12S. The van der Waals surface area contributed by atoms with E-state index in [-0.39, 0.29) is 44.5 Å². The van der Waals surface area contributed by atoms with Crippen LogP contribution in [0.25, 0.3) is 199 Å². The van der Waals surface area contributed by atoms with Crippen LogP contribution in [0.3, 0.4) is 0 Å². The molecule has 0 bridgehead atoms. The quantitative estimate of drug-likeness (QED) is 0.113. The Balaban J connectivity index is 0.000000108. The Bertz CT molecular complexity index is 8490. The Hall–Kier alpha value is -15.1. The van der Waals surface area contributed by atoms with Gasteiger partial charge in [-0.3, -0.25) is 0 Å². The highest BCUT2D eigenvalue weighted by Gasteiger charge is 2.20. The van der Waals surface area contributed by atoms with Gasteiger partial charge in [-0.05, 0) is 161 Å². The van der Waals surface area contributed by atoms with Gasteiger partial charge in [0.2, 0.25) is 21.1 Å². The van der Waals surface area contributed by atoms with E-state index in [4.69, 9.17) is 68.2 Å². The highest BCUT2D eigenvalue weighted by atomic mass is 79.9. The molecule has 0 fully saturated rings. The van der Waals surface area contributed by atoms with Crippen molar-refractivity contribution in [2.75, 3.05) is 0 Å². The highest BCUT2D eigenvalue weighted by molar-refractivity contribution is 9.10. The molecular weight excluding hydrogens is 1900 g/mol. The van der Waals surface area contributed by atoms with Gasteiger partial charge in [0, 0.05) is 74.3 Å². The Kier molecular flexibility index (Phi) is 25.9. The maximum atomic E-state index is 8.04. The van der Waals surface area contributed by atoms with Gasteiger partial charge in [0.25, 0.3) is 0 Å². The lowest BCUT2D eigenvalue weighted by Crippen LogP contribution is -2.00. The molecule has 0 aliphatic carbocycles. The molecule has 6 aromatic heterocycles. The van der Waals surface area contributed by atoms with Gasteiger partial charge < -0.3 is 0 Å². The normalized spacial score (nSPS) is 11.4. The van der Waals surface area contributed by atoms with E-state index in [9.17, 15) is 0 Å².